The Morgan fingerprint density at radius 1 is 1.33 bits per heavy atom. The highest BCUT2D eigenvalue weighted by atomic mass is 32.1. The van der Waals surface area contributed by atoms with E-state index in [1.54, 1.807) is 40.2 Å². The summed E-state index contributed by atoms with van der Waals surface area (Å²) < 4.78 is 1.63. The van der Waals surface area contributed by atoms with Gasteiger partial charge in [-0.2, -0.15) is 10.2 Å². The minimum atomic E-state index is -0.292. The van der Waals surface area contributed by atoms with E-state index in [0.717, 1.165) is 10.6 Å². The summed E-state index contributed by atoms with van der Waals surface area (Å²) in [5.74, 6) is 0.353. The minimum absolute atomic E-state index is 0.250. The quantitative estimate of drug-likeness (QED) is 0.466. The molecule has 0 bridgehead atoms. The predicted octanol–water partition coefficient (Wildman–Crippen LogP) is 2.75. The first kappa shape index (κ1) is 18.3. The zero-order valence-corrected chi connectivity index (χ0v) is 15.3. The van der Waals surface area contributed by atoms with Crippen LogP contribution in [0.1, 0.15) is 21.2 Å². The Bertz CT molecular complexity index is 1100. The lowest BCUT2D eigenvalue weighted by molar-refractivity contribution is -0.122. The maximum absolute atomic E-state index is 12.5. The van der Waals surface area contributed by atoms with Gasteiger partial charge in [-0.3, -0.25) is 14.7 Å². The summed E-state index contributed by atoms with van der Waals surface area (Å²) in [5.41, 5.74) is 2.36. The molecule has 1 amide bonds. The fourth-order valence-corrected chi connectivity index (χ4v) is 3.27. The van der Waals surface area contributed by atoms with Gasteiger partial charge in [0.05, 0.1) is 16.3 Å². The molecule has 0 aliphatic rings. The SMILES string of the molecule is Cc1nc2c(NC(=O)c3cc(-c4ccc(C)s4)[nH]n3)cccn2n1.O=CO. The minimum Gasteiger partial charge on any atom is -0.483 e. The van der Waals surface area contributed by atoms with Crippen molar-refractivity contribution in [2.75, 3.05) is 5.32 Å². The van der Waals surface area contributed by atoms with E-state index in [9.17, 15) is 4.79 Å². The van der Waals surface area contributed by atoms with Crippen molar-refractivity contribution < 1.29 is 14.7 Å². The number of carboxylic acid groups (broad SMARTS) is 1. The van der Waals surface area contributed by atoms with Crippen LogP contribution in [0.3, 0.4) is 0 Å². The molecular formula is C17H16N6O3S. The van der Waals surface area contributed by atoms with Crippen LogP contribution in [0.25, 0.3) is 16.2 Å². The van der Waals surface area contributed by atoms with Gasteiger partial charge >= 0.3 is 0 Å². The van der Waals surface area contributed by atoms with Gasteiger partial charge in [0.2, 0.25) is 0 Å². The van der Waals surface area contributed by atoms with Crippen molar-refractivity contribution >= 4 is 35.1 Å². The Kier molecular flexibility index (Phi) is 5.27. The number of aromatic amines is 1. The smallest absolute Gasteiger partial charge is 0.290 e. The number of aryl methyl sites for hydroxylation is 2. The second-order valence-electron chi connectivity index (χ2n) is 5.49. The third-order valence-electron chi connectivity index (χ3n) is 3.53. The molecule has 0 fully saturated rings. The van der Waals surface area contributed by atoms with Crippen molar-refractivity contribution in [3.05, 3.63) is 52.9 Å². The number of hydrogen-bond donors (Lipinski definition) is 3. The lowest BCUT2D eigenvalue weighted by atomic mass is 10.3. The summed E-state index contributed by atoms with van der Waals surface area (Å²) in [5, 5.41) is 21.0. The van der Waals surface area contributed by atoms with E-state index in [1.807, 2.05) is 26.0 Å². The number of nitrogens with zero attached hydrogens (tertiary/aromatic N) is 4. The molecule has 3 N–H and O–H groups in total. The lowest BCUT2D eigenvalue weighted by Gasteiger charge is -2.03. The number of carbonyl (C=O) groups is 2. The van der Waals surface area contributed by atoms with Crippen LogP contribution < -0.4 is 5.32 Å². The van der Waals surface area contributed by atoms with Crippen molar-refractivity contribution in [3.8, 4) is 10.6 Å². The van der Waals surface area contributed by atoms with Crippen molar-refractivity contribution in [2.45, 2.75) is 13.8 Å². The third-order valence-corrected chi connectivity index (χ3v) is 4.57. The molecule has 27 heavy (non-hydrogen) atoms. The summed E-state index contributed by atoms with van der Waals surface area (Å²) in [6.45, 7) is 3.60. The summed E-state index contributed by atoms with van der Waals surface area (Å²) in [6, 6.07) is 9.39. The number of thiophene rings is 1. The number of aromatic nitrogens is 5. The average molecular weight is 384 g/mol. The fraction of sp³-hybridized carbons (Fsp3) is 0.118. The molecule has 0 aliphatic carbocycles. The van der Waals surface area contributed by atoms with E-state index in [1.165, 1.54) is 4.88 Å². The van der Waals surface area contributed by atoms with Crippen LogP contribution >= 0.6 is 11.3 Å². The van der Waals surface area contributed by atoms with Gasteiger partial charge in [-0.1, -0.05) is 0 Å². The molecule has 138 valence electrons. The first-order valence-corrected chi connectivity index (χ1v) is 8.67. The molecule has 0 spiro atoms. The summed E-state index contributed by atoms with van der Waals surface area (Å²) in [7, 11) is 0. The Labute approximate surface area is 157 Å². The molecule has 0 saturated carbocycles. The largest absolute Gasteiger partial charge is 0.483 e. The van der Waals surface area contributed by atoms with Gasteiger partial charge < -0.3 is 10.4 Å². The topological polar surface area (TPSA) is 125 Å². The number of hydrogen-bond acceptors (Lipinski definition) is 6. The van der Waals surface area contributed by atoms with Crippen LogP contribution in [0.15, 0.2) is 36.5 Å². The maximum atomic E-state index is 12.5. The van der Waals surface area contributed by atoms with Gasteiger partial charge in [0.25, 0.3) is 12.4 Å². The third kappa shape index (κ3) is 4.01. The molecule has 4 rings (SSSR count). The zero-order valence-electron chi connectivity index (χ0n) is 14.5. The Morgan fingerprint density at radius 3 is 2.81 bits per heavy atom. The maximum Gasteiger partial charge on any atom is 0.290 e. The normalized spacial score (nSPS) is 10.3. The number of anilines is 1. The molecule has 0 atom stereocenters. The van der Waals surface area contributed by atoms with E-state index >= 15 is 0 Å². The van der Waals surface area contributed by atoms with Crippen LogP contribution in [-0.4, -0.2) is 42.3 Å². The number of rotatable bonds is 3. The van der Waals surface area contributed by atoms with Gasteiger partial charge in [-0.05, 0) is 44.2 Å². The first-order valence-electron chi connectivity index (χ1n) is 7.85. The number of nitrogens with one attached hydrogen (secondary N) is 2. The highest BCUT2D eigenvalue weighted by molar-refractivity contribution is 7.15. The average Bonchev–Trinajstić information content (AvgIpc) is 3.34. The van der Waals surface area contributed by atoms with Gasteiger partial charge in [-0.25, -0.2) is 9.50 Å². The summed E-state index contributed by atoms with van der Waals surface area (Å²) in [6.07, 6.45) is 1.79. The van der Waals surface area contributed by atoms with Crippen LogP contribution in [0, 0.1) is 13.8 Å². The number of fused-ring (bicyclic) bond motifs is 1. The lowest BCUT2D eigenvalue weighted by Crippen LogP contribution is -2.13. The molecular weight excluding hydrogens is 368 g/mol. The molecule has 0 unspecified atom stereocenters. The highest BCUT2D eigenvalue weighted by Crippen LogP contribution is 2.26. The molecule has 9 nitrogen and oxygen atoms in total. The number of H-pyrrole nitrogens is 1. The van der Waals surface area contributed by atoms with E-state index in [2.05, 4.69) is 25.6 Å². The van der Waals surface area contributed by atoms with Gasteiger partial charge in [-0.15, -0.1) is 11.3 Å². The van der Waals surface area contributed by atoms with Crippen molar-refractivity contribution in [1.82, 2.24) is 24.8 Å². The van der Waals surface area contributed by atoms with Crippen LogP contribution in [0.2, 0.25) is 0 Å². The van der Waals surface area contributed by atoms with Crippen molar-refractivity contribution in [2.24, 2.45) is 0 Å². The second-order valence-corrected chi connectivity index (χ2v) is 6.77. The predicted molar refractivity (Wildman–Crippen MR) is 101 cm³/mol. The number of carbonyl (C=O) groups excluding carboxylic acids is 1. The van der Waals surface area contributed by atoms with Gasteiger partial charge in [0.1, 0.15) is 5.82 Å². The summed E-state index contributed by atoms with van der Waals surface area (Å²) in [4.78, 5) is 27.4. The van der Waals surface area contributed by atoms with Crippen LogP contribution in [-0.2, 0) is 4.79 Å². The number of amides is 1. The van der Waals surface area contributed by atoms with Crippen molar-refractivity contribution in [3.63, 3.8) is 0 Å². The van der Waals surface area contributed by atoms with E-state index in [-0.39, 0.29) is 12.4 Å². The van der Waals surface area contributed by atoms with E-state index in [4.69, 9.17) is 9.90 Å². The van der Waals surface area contributed by atoms with Crippen LogP contribution in [0.5, 0.6) is 0 Å². The molecule has 4 aromatic heterocycles. The molecule has 0 aromatic carbocycles. The van der Waals surface area contributed by atoms with Gasteiger partial charge in [0.15, 0.2) is 11.3 Å². The monoisotopic (exact) mass is 384 g/mol. The molecule has 4 aromatic rings. The molecule has 4 heterocycles. The summed E-state index contributed by atoms with van der Waals surface area (Å²) >= 11 is 1.65. The fourth-order valence-electron chi connectivity index (χ4n) is 2.44. The van der Waals surface area contributed by atoms with Crippen molar-refractivity contribution in [1.29, 1.82) is 0 Å². The second kappa shape index (κ2) is 7.79. The van der Waals surface area contributed by atoms with E-state index < -0.39 is 0 Å². The Hall–Kier alpha value is -3.53. The first-order chi connectivity index (χ1) is 13.0. The highest BCUT2D eigenvalue weighted by Gasteiger charge is 2.15. The molecule has 0 radical (unpaired) electrons. The van der Waals surface area contributed by atoms with Gasteiger partial charge in [0, 0.05) is 11.1 Å². The molecule has 0 aliphatic heterocycles. The molecule has 0 saturated heterocycles. The van der Waals surface area contributed by atoms with Crippen LogP contribution in [0.4, 0.5) is 5.69 Å². The molecule has 10 heteroatoms. The Morgan fingerprint density at radius 2 is 2.11 bits per heavy atom. The zero-order chi connectivity index (χ0) is 19.4. The number of pyridine rings is 1. The Balaban J connectivity index is 0.000000659. The standard InChI is InChI=1S/C16H14N6OS.CH2O2/c1-9-5-6-14(24-9)12-8-13(20-19-12)16(23)18-11-4-3-7-22-15(11)17-10(2)21-22;2-1-3/h3-8H,1-2H3,(H,18,23)(H,19,20);1H,(H,2,3). The van der Waals surface area contributed by atoms with E-state index in [0.29, 0.717) is 22.9 Å².